The number of nitrogens with two attached hydrogens (primary N) is 1. The fraction of sp³-hybridized carbons (Fsp3) is 0.562. The Balaban J connectivity index is 1.93. The standard InChI is InChI=1S/C16H23BrN2O/c1-2-3-4-5-6-7-11-19-13-10-8-9-12(17)14(13)15(18)16(19)20/h8-10,15H,2-7,11,18H2,1H3. The lowest BCUT2D eigenvalue weighted by Gasteiger charge is -2.17. The van der Waals surface area contributed by atoms with Crippen molar-refractivity contribution >= 4 is 27.5 Å². The van der Waals surface area contributed by atoms with Crippen molar-refractivity contribution in [2.45, 2.75) is 51.5 Å². The molecule has 1 aliphatic heterocycles. The van der Waals surface area contributed by atoms with E-state index in [9.17, 15) is 4.79 Å². The Morgan fingerprint density at radius 3 is 2.65 bits per heavy atom. The summed E-state index contributed by atoms with van der Waals surface area (Å²) in [6.45, 7) is 3.00. The molecular formula is C16H23BrN2O. The fourth-order valence-corrected chi connectivity index (χ4v) is 3.36. The van der Waals surface area contributed by atoms with Crippen LogP contribution in [0.3, 0.4) is 0 Å². The molecule has 3 nitrogen and oxygen atoms in total. The molecule has 1 atom stereocenters. The molecule has 1 unspecified atom stereocenters. The number of amides is 1. The van der Waals surface area contributed by atoms with Gasteiger partial charge in [0.1, 0.15) is 6.04 Å². The average molecular weight is 339 g/mol. The summed E-state index contributed by atoms with van der Waals surface area (Å²) < 4.78 is 0.932. The van der Waals surface area contributed by atoms with Crippen LogP contribution in [0.2, 0.25) is 0 Å². The van der Waals surface area contributed by atoms with E-state index < -0.39 is 6.04 Å². The van der Waals surface area contributed by atoms with E-state index in [-0.39, 0.29) is 5.91 Å². The monoisotopic (exact) mass is 338 g/mol. The van der Waals surface area contributed by atoms with E-state index in [1.807, 2.05) is 23.1 Å². The Labute approximate surface area is 129 Å². The molecule has 0 saturated heterocycles. The highest BCUT2D eigenvalue weighted by Crippen LogP contribution is 2.39. The molecule has 20 heavy (non-hydrogen) atoms. The number of nitrogens with zero attached hydrogens (tertiary/aromatic N) is 1. The topological polar surface area (TPSA) is 46.3 Å². The quantitative estimate of drug-likeness (QED) is 0.759. The summed E-state index contributed by atoms with van der Waals surface area (Å²) in [5.74, 6) is 0.0282. The molecule has 4 heteroatoms. The summed E-state index contributed by atoms with van der Waals surface area (Å²) in [5, 5.41) is 0. The molecule has 1 aliphatic rings. The van der Waals surface area contributed by atoms with Crippen LogP contribution in [0, 0.1) is 0 Å². The van der Waals surface area contributed by atoms with Crippen molar-refractivity contribution < 1.29 is 4.79 Å². The molecular weight excluding hydrogens is 316 g/mol. The molecule has 1 aromatic carbocycles. The fourth-order valence-electron chi connectivity index (χ4n) is 2.76. The number of hydrogen-bond acceptors (Lipinski definition) is 2. The number of carbonyl (C=O) groups is 1. The van der Waals surface area contributed by atoms with Crippen LogP contribution >= 0.6 is 15.9 Å². The van der Waals surface area contributed by atoms with Crippen molar-refractivity contribution in [3.63, 3.8) is 0 Å². The minimum atomic E-state index is -0.513. The SMILES string of the molecule is CCCCCCCCN1C(=O)C(N)c2c(Br)cccc21. The zero-order valence-corrected chi connectivity index (χ0v) is 13.7. The van der Waals surface area contributed by atoms with Crippen molar-refractivity contribution in [3.8, 4) is 0 Å². The van der Waals surface area contributed by atoms with Gasteiger partial charge in [-0.05, 0) is 18.6 Å². The van der Waals surface area contributed by atoms with Crippen LogP contribution in [0.5, 0.6) is 0 Å². The van der Waals surface area contributed by atoms with Crippen LogP contribution in [-0.4, -0.2) is 12.5 Å². The Morgan fingerprint density at radius 1 is 1.20 bits per heavy atom. The van der Waals surface area contributed by atoms with Gasteiger partial charge in [0, 0.05) is 16.6 Å². The van der Waals surface area contributed by atoms with E-state index in [0.29, 0.717) is 0 Å². The van der Waals surface area contributed by atoms with Gasteiger partial charge in [0.05, 0.1) is 5.69 Å². The highest BCUT2D eigenvalue weighted by molar-refractivity contribution is 9.10. The van der Waals surface area contributed by atoms with Crippen LogP contribution in [0.25, 0.3) is 0 Å². The predicted octanol–water partition coefficient (Wildman–Crippen LogP) is 4.16. The minimum Gasteiger partial charge on any atom is -0.316 e. The maximum absolute atomic E-state index is 12.3. The smallest absolute Gasteiger partial charge is 0.248 e. The Hall–Kier alpha value is -0.870. The van der Waals surface area contributed by atoms with Gasteiger partial charge in [-0.25, -0.2) is 0 Å². The zero-order valence-electron chi connectivity index (χ0n) is 12.1. The van der Waals surface area contributed by atoms with Gasteiger partial charge in [0.15, 0.2) is 0 Å². The molecule has 0 aliphatic carbocycles. The van der Waals surface area contributed by atoms with Gasteiger partial charge in [0.2, 0.25) is 5.91 Å². The van der Waals surface area contributed by atoms with Crippen molar-refractivity contribution in [1.82, 2.24) is 0 Å². The summed E-state index contributed by atoms with van der Waals surface area (Å²) in [6.07, 6.45) is 7.36. The Kier molecular flexibility index (Phi) is 5.61. The summed E-state index contributed by atoms with van der Waals surface area (Å²) in [4.78, 5) is 14.1. The van der Waals surface area contributed by atoms with Crippen molar-refractivity contribution in [2.24, 2.45) is 5.73 Å². The van der Waals surface area contributed by atoms with Gasteiger partial charge in [-0.3, -0.25) is 4.79 Å². The largest absolute Gasteiger partial charge is 0.316 e. The number of benzene rings is 1. The first-order valence-electron chi connectivity index (χ1n) is 7.52. The molecule has 0 radical (unpaired) electrons. The molecule has 1 heterocycles. The maximum atomic E-state index is 12.3. The third kappa shape index (κ3) is 3.23. The molecule has 0 aromatic heterocycles. The van der Waals surface area contributed by atoms with Crippen LogP contribution in [0.15, 0.2) is 22.7 Å². The van der Waals surface area contributed by atoms with Crippen LogP contribution < -0.4 is 10.6 Å². The lowest BCUT2D eigenvalue weighted by atomic mass is 10.1. The van der Waals surface area contributed by atoms with Crippen molar-refractivity contribution in [2.75, 3.05) is 11.4 Å². The number of rotatable bonds is 7. The number of unbranched alkanes of at least 4 members (excludes halogenated alkanes) is 5. The van der Waals surface area contributed by atoms with Gasteiger partial charge in [-0.1, -0.05) is 61.0 Å². The summed E-state index contributed by atoms with van der Waals surface area (Å²) in [7, 11) is 0. The highest BCUT2D eigenvalue weighted by atomic mass is 79.9. The number of hydrogen-bond donors (Lipinski definition) is 1. The average Bonchev–Trinajstić information content (AvgIpc) is 2.68. The minimum absolute atomic E-state index is 0.0282. The second-order valence-corrected chi connectivity index (χ2v) is 6.26. The molecule has 0 fully saturated rings. The molecule has 0 spiro atoms. The Bertz CT molecular complexity index is 476. The summed E-state index contributed by atoms with van der Waals surface area (Å²) >= 11 is 3.49. The molecule has 110 valence electrons. The van der Waals surface area contributed by atoms with E-state index in [1.54, 1.807) is 0 Å². The molecule has 0 saturated carbocycles. The highest BCUT2D eigenvalue weighted by Gasteiger charge is 2.35. The normalized spacial score (nSPS) is 17.6. The van der Waals surface area contributed by atoms with Crippen molar-refractivity contribution in [1.29, 1.82) is 0 Å². The molecule has 1 aromatic rings. The lowest BCUT2D eigenvalue weighted by Crippen LogP contribution is -2.32. The van der Waals surface area contributed by atoms with Gasteiger partial charge < -0.3 is 10.6 Å². The first-order valence-corrected chi connectivity index (χ1v) is 8.31. The van der Waals surface area contributed by atoms with E-state index in [4.69, 9.17) is 5.73 Å². The van der Waals surface area contributed by atoms with Gasteiger partial charge >= 0.3 is 0 Å². The van der Waals surface area contributed by atoms with E-state index in [1.165, 1.54) is 32.1 Å². The molecule has 0 bridgehead atoms. The molecule has 2 N–H and O–H groups in total. The number of fused-ring (bicyclic) bond motifs is 1. The van der Waals surface area contributed by atoms with Gasteiger partial charge in [-0.2, -0.15) is 0 Å². The van der Waals surface area contributed by atoms with Crippen molar-refractivity contribution in [3.05, 3.63) is 28.2 Å². The first kappa shape index (κ1) is 15.5. The van der Waals surface area contributed by atoms with E-state index in [0.717, 1.165) is 28.7 Å². The van der Waals surface area contributed by atoms with Crippen LogP contribution in [0.1, 0.15) is 57.1 Å². The second kappa shape index (κ2) is 7.23. The number of halogens is 1. The number of carbonyl (C=O) groups excluding carboxylic acids is 1. The maximum Gasteiger partial charge on any atom is 0.248 e. The summed E-state index contributed by atoms with van der Waals surface area (Å²) in [6, 6.07) is 5.38. The first-order chi connectivity index (χ1) is 9.66. The molecule has 1 amide bonds. The predicted molar refractivity (Wildman–Crippen MR) is 86.8 cm³/mol. The molecule has 2 rings (SSSR count). The Morgan fingerprint density at radius 2 is 1.90 bits per heavy atom. The third-order valence-corrected chi connectivity index (χ3v) is 4.59. The van der Waals surface area contributed by atoms with Gasteiger partial charge in [0.25, 0.3) is 0 Å². The number of anilines is 1. The zero-order chi connectivity index (χ0) is 14.5. The van der Waals surface area contributed by atoms with Crippen LogP contribution in [-0.2, 0) is 4.79 Å². The van der Waals surface area contributed by atoms with Crippen LogP contribution in [0.4, 0.5) is 5.69 Å². The van der Waals surface area contributed by atoms with E-state index >= 15 is 0 Å². The third-order valence-electron chi connectivity index (χ3n) is 3.90. The van der Waals surface area contributed by atoms with E-state index in [2.05, 4.69) is 22.9 Å². The summed E-state index contributed by atoms with van der Waals surface area (Å²) in [5.41, 5.74) is 7.94. The van der Waals surface area contributed by atoms with Gasteiger partial charge in [-0.15, -0.1) is 0 Å². The second-order valence-electron chi connectivity index (χ2n) is 5.41. The lowest BCUT2D eigenvalue weighted by molar-refractivity contribution is -0.119.